The first-order valence-corrected chi connectivity index (χ1v) is 9.22. The molecule has 0 aliphatic rings. The minimum absolute atomic E-state index is 0.0449. The smallest absolute Gasteiger partial charge is 0.330 e. The van der Waals surface area contributed by atoms with E-state index in [0.717, 1.165) is 26.2 Å². The molecule has 0 fully saturated rings. The number of carbonyl (C=O) groups is 4. The fourth-order valence-corrected chi connectivity index (χ4v) is 2.91. The van der Waals surface area contributed by atoms with E-state index in [0.29, 0.717) is 5.56 Å². The molecule has 0 aliphatic carbocycles. The van der Waals surface area contributed by atoms with E-state index in [2.05, 4.69) is 5.32 Å². The molecular weight excluding hydrogens is 422 g/mol. The summed E-state index contributed by atoms with van der Waals surface area (Å²) in [5.74, 6) is -4.11. The summed E-state index contributed by atoms with van der Waals surface area (Å²) >= 11 is 0. The highest BCUT2D eigenvalue weighted by molar-refractivity contribution is 5.99. The molecule has 164 valence electrons. The molecule has 0 saturated carbocycles. The summed E-state index contributed by atoms with van der Waals surface area (Å²) in [6, 6.07) is 8.81. The lowest BCUT2D eigenvalue weighted by Crippen LogP contribution is -2.36. The monoisotopic (exact) mass is 439 g/mol. The Kier molecular flexibility index (Phi) is 6.34. The van der Waals surface area contributed by atoms with E-state index in [1.54, 1.807) is 18.2 Å². The van der Waals surface area contributed by atoms with Gasteiger partial charge in [-0.15, -0.1) is 0 Å². The number of hydrogen-bond acceptors (Lipinski definition) is 8. The Morgan fingerprint density at radius 3 is 2.12 bits per heavy atom. The lowest BCUT2D eigenvalue weighted by molar-refractivity contribution is -0.139. The molecule has 3 rings (SSSR count). The standard InChI is InChI=1S/C22H17NO9/c1-11(24)31-17-8-14-16(9-18(17)32-12(2)25)30-10-15(20(14)26)21(27)23-19(22(28)29)13-6-4-3-5-7-13/h3-10,19H,1-2H3,(H,23,27)(H,28,29)/t19-/m1/s1. The zero-order chi connectivity index (χ0) is 23.4. The number of esters is 2. The van der Waals surface area contributed by atoms with Crippen molar-refractivity contribution in [2.75, 3.05) is 0 Å². The number of carbonyl (C=O) groups excluding carboxylic acids is 3. The van der Waals surface area contributed by atoms with Crippen molar-refractivity contribution in [1.82, 2.24) is 5.32 Å². The van der Waals surface area contributed by atoms with Gasteiger partial charge in [0, 0.05) is 19.9 Å². The Balaban J connectivity index is 2.03. The summed E-state index contributed by atoms with van der Waals surface area (Å²) in [5, 5.41) is 11.6. The van der Waals surface area contributed by atoms with E-state index in [-0.39, 0.29) is 22.5 Å². The van der Waals surface area contributed by atoms with Gasteiger partial charge in [-0.05, 0) is 11.6 Å². The van der Waals surface area contributed by atoms with Crippen LogP contribution in [0.3, 0.4) is 0 Å². The van der Waals surface area contributed by atoms with Crippen LogP contribution in [0.1, 0.15) is 35.8 Å². The summed E-state index contributed by atoms with van der Waals surface area (Å²) in [4.78, 5) is 59.9. The molecule has 2 aromatic carbocycles. The van der Waals surface area contributed by atoms with Gasteiger partial charge in [0.1, 0.15) is 17.4 Å². The highest BCUT2D eigenvalue weighted by atomic mass is 16.6. The second-order valence-corrected chi connectivity index (χ2v) is 6.62. The first-order chi connectivity index (χ1) is 15.2. The molecule has 1 aromatic heterocycles. The van der Waals surface area contributed by atoms with Gasteiger partial charge in [0.25, 0.3) is 5.91 Å². The number of aliphatic carboxylic acids is 1. The summed E-state index contributed by atoms with van der Waals surface area (Å²) in [6.07, 6.45) is 0.868. The third-order valence-corrected chi connectivity index (χ3v) is 4.25. The van der Waals surface area contributed by atoms with Gasteiger partial charge in [-0.1, -0.05) is 30.3 Å². The number of rotatable bonds is 6. The van der Waals surface area contributed by atoms with Crippen molar-refractivity contribution in [3.05, 3.63) is 70.1 Å². The molecule has 0 bridgehead atoms. The van der Waals surface area contributed by atoms with Crippen molar-refractivity contribution >= 4 is 34.8 Å². The van der Waals surface area contributed by atoms with Gasteiger partial charge in [-0.25, -0.2) is 4.79 Å². The first-order valence-electron chi connectivity index (χ1n) is 9.22. The second-order valence-electron chi connectivity index (χ2n) is 6.62. The number of carboxylic acids is 1. The quantitative estimate of drug-likeness (QED) is 0.435. The Morgan fingerprint density at radius 2 is 1.56 bits per heavy atom. The number of benzene rings is 2. The van der Waals surface area contributed by atoms with Crippen LogP contribution in [-0.4, -0.2) is 28.9 Å². The number of fused-ring (bicyclic) bond motifs is 1. The van der Waals surface area contributed by atoms with E-state index in [9.17, 15) is 29.1 Å². The second kappa shape index (κ2) is 9.13. The van der Waals surface area contributed by atoms with E-state index in [1.807, 2.05) is 0 Å². The molecule has 1 atom stereocenters. The fraction of sp³-hybridized carbons (Fsp3) is 0.136. The number of nitrogens with one attached hydrogen (secondary N) is 1. The maximum Gasteiger partial charge on any atom is 0.330 e. The Hall–Kier alpha value is -4.47. The van der Waals surface area contributed by atoms with Gasteiger partial charge >= 0.3 is 17.9 Å². The average molecular weight is 439 g/mol. The summed E-state index contributed by atoms with van der Waals surface area (Å²) < 4.78 is 15.3. The van der Waals surface area contributed by atoms with Gasteiger partial charge in [-0.2, -0.15) is 0 Å². The zero-order valence-electron chi connectivity index (χ0n) is 16.9. The van der Waals surface area contributed by atoms with Crippen molar-refractivity contribution in [1.29, 1.82) is 0 Å². The van der Waals surface area contributed by atoms with Gasteiger partial charge in [0.2, 0.25) is 5.43 Å². The van der Waals surface area contributed by atoms with E-state index in [1.165, 1.54) is 18.2 Å². The largest absolute Gasteiger partial charge is 0.479 e. The van der Waals surface area contributed by atoms with Crippen molar-refractivity contribution in [3.8, 4) is 11.5 Å². The molecule has 32 heavy (non-hydrogen) atoms. The normalized spacial score (nSPS) is 11.4. The van der Waals surface area contributed by atoms with Crippen LogP contribution in [0.15, 0.2) is 57.9 Å². The zero-order valence-corrected chi connectivity index (χ0v) is 16.9. The van der Waals surface area contributed by atoms with Crippen LogP contribution in [0, 0.1) is 0 Å². The first kappa shape index (κ1) is 22.2. The van der Waals surface area contributed by atoms with Crippen molar-refractivity contribution in [2.45, 2.75) is 19.9 Å². The minimum atomic E-state index is -1.40. The van der Waals surface area contributed by atoms with Crippen molar-refractivity contribution in [2.24, 2.45) is 0 Å². The highest BCUT2D eigenvalue weighted by Crippen LogP contribution is 2.32. The Labute approximate surface area is 180 Å². The Morgan fingerprint density at radius 1 is 0.969 bits per heavy atom. The number of amides is 1. The van der Waals surface area contributed by atoms with Crippen LogP contribution in [-0.2, 0) is 14.4 Å². The fourth-order valence-electron chi connectivity index (χ4n) is 2.91. The van der Waals surface area contributed by atoms with Crippen LogP contribution in [0.25, 0.3) is 11.0 Å². The van der Waals surface area contributed by atoms with E-state index >= 15 is 0 Å². The molecule has 0 unspecified atom stereocenters. The van der Waals surface area contributed by atoms with Gasteiger partial charge < -0.3 is 24.3 Å². The lowest BCUT2D eigenvalue weighted by Gasteiger charge is -2.15. The van der Waals surface area contributed by atoms with Crippen LogP contribution >= 0.6 is 0 Å². The van der Waals surface area contributed by atoms with Crippen LogP contribution < -0.4 is 20.2 Å². The molecule has 1 heterocycles. The average Bonchev–Trinajstić information content (AvgIpc) is 2.72. The maximum atomic E-state index is 12.9. The number of carboxylic acid groups (broad SMARTS) is 1. The van der Waals surface area contributed by atoms with Gasteiger partial charge in [-0.3, -0.25) is 19.2 Å². The van der Waals surface area contributed by atoms with Crippen molar-refractivity contribution in [3.63, 3.8) is 0 Å². The van der Waals surface area contributed by atoms with Crippen LogP contribution in [0.5, 0.6) is 11.5 Å². The predicted molar refractivity (Wildman–Crippen MR) is 109 cm³/mol. The molecule has 0 spiro atoms. The van der Waals surface area contributed by atoms with Crippen LogP contribution in [0.2, 0.25) is 0 Å². The predicted octanol–water partition coefficient (Wildman–Crippen LogP) is 2.20. The SMILES string of the molecule is CC(=O)Oc1cc2occ(C(=O)N[C@@H](C(=O)O)c3ccccc3)c(=O)c2cc1OC(C)=O. The Bertz CT molecular complexity index is 1280. The summed E-state index contributed by atoms with van der Waals surface area (Å²) in [7, 11) is 0. The topological polar surface area (TPSA) is 149 Å². The summed E-state index contributed by atoms with van der Waals surface area (Å²) in [6.45, 7) is 2.25. The molecule has 3 aromatic rings. The molecule has 10 heteroatoms. The van der Waals surface area contributed by atoms with Gasteiger partial charge in [0.05, 0.1) is 5.39 Å². The molecular formula is C22H17NO9. The number of ether oxygens (including phenoxy) is 2. The lowest BCUT2D eigenvalue weighted by atomic mass is 10.1. The van der Waals surface area contributed by atoms with Crippen LogP contribution in [0.4, 0.5) is 0 Å². The molecule has 0 saturated heterocycles. The third-order valence-electron chi connectivity index (χ3n) is 4.25. The van der Waals surface area contributed by atoms with Gasteiger partial charge in [0.15, 0.2) is 17.5 Å². The van der Waals surface area contributed by atoms with E-state index < -0.39 is 40.8 Å². The molecule has 2 N–H and O–H groups in total. The summed E-state index contributed by atoms with van der Waals surface area (Å²) in [5.41, 5.74) is -1.00. The third kappa shape index (κ3) is 4.81. The molecule has 1 amide bonds. The molecule has 0 radical (unpaired) electrons. The van der Waals surface area contributed by atoms with Crippen molar-refractivity contribution < 1.29 is 38.2 Å². The number of hydrogen-bond donors (Lipinski definition) is 2. The molecule has 10 nitrogen and oxygen atoms in total. The molecule has 0 aliphatic heterocycles. The maximum absolute atomic E-state index is 12.9. The minimum Gasteiger partial charge on any atom is -0.479 e. The van der Waals surface area contributed by atoms with E-state index in [4.69, 9.17) is 13.9 Å². The highest BCUT2D eigenvalue weighted by Gasteiger charge is 2.25.